The zero-order chi connectivity index (χ0) is 22.2. The largest absolute Gasteiger partial charge is 0.493 e. The summed E-state index contributed by atoms with van der Waals surface area (Å²) in [5.41, 5.74) is 2.21. The molecule has 2 aromatic rings. The molecule has 172 valence electrons. The standard InChI is InChI=1S/C25H31NO6/c1-5-16-23(15-10-21(27-2)24(29-4)22(11-15)28-3)17-12-19-20(31-14-30-19)13-18(17)32-25(16)26-8-6-7-9-26/h10-13,16,23,25H,5-9,14H2,1-4H3/t16-,23+,25+/m1/s1. The molecule has 0 unspecified atom stereocenters. The molecule has 2 aromatic carbocycles. The number of likely N-dealkylation sites (tertiary alicyclic amines) is 1. The fourth-order valence-corrected chi connectivity index (χ4v) is 5.38. The summed E-state index contributed by atoms with van der Waals surface area (Å²) >= 11 is 0. The number of ether oxygens (including phenoxy) is 6. The predicted octanol–water partition coefficient (Wildman–Crippen LogP) is 4.41. The van der Waals surface area contributed by atoms with Crippen LogP contribution in [0.4, 0.5) is 0 Å². The number of hydrogen-bond donors (Lipinski definition) is 0. The number of nitrogens with zero attached hydrogens (tertiary/aromatic N) is 1. The molecular weight excluding hydrogens is 410 g/mol. The van der Waals surface area contributed by atoms with Crippen molar-refractivity contribution in [3.63, 3.8) is 0 Å². The number of benzene rings is 2. The van der Waals surface area contributed by atoms with Gasteiger partial charge >= 0.3 is 0 Å². The smallest absolute Gasteiger partial charge is 0.231 e. The fourth-order valence-electron chi connectivity index (χ4n) is 5.38. The van der Waals surface area contributed by atoms with Crippen molar-refractivity contribution in [2.24, 2.45) is 5.92 Å². The van der Waals surface area contributed by atoms with Crippen LogP contribution in [-0.2, 0) is 0 Å². The second kappa shape index (κ2) is 8.62. The third kappa shape index (κ3) is 3.39. The minimum Gasteiger partial charge on any atom is -0.493 e. The van der Waals surface area contributed by atoms with Gasteiger partial charge in [-0.2, -0.15) is 0 Å². The Hall–Kier alpha value is -2.80. The maximum absolute atomic E-state index is 6.66. The van der Waals surface area contributed by atoms with E-state index in [4.69, 9.17) is 28.4 Å². The highest BCUT2D eigenvalue weighted by Gasteiger charge is 2.43. The van der Waals surface area contributed by atoms with Crippen LogP contribution in [0.15, 0.2) is 24.3 Å². The first kappa shape index (κ1) is 21.1. The predicted molar refractivity (Wildman–Crippen MR) is 120 cm³/mol. The zero-order valence-electron chi connectivity index (χ0n) is 19.2. The van der Waals surface area contributed by atoms with E-state index in [9.17, 15) is 0 Å². The maximum atomic E-state index is 6.66. The van der Waals surface area contributed by atoms with Crippen molar-refractivity contribution in [2.75, 3.05) is 41.2 Å². The van der Waals surface area contributed by atoms with Gasteiger partial charge in [0, 0.05) is 36.6 Å². The van der Waals surface area contributed by atoms with Gasteiger partial charge in [0.05, 0.1) is 21.3 Å². The van der Waals surface area contributed by atoms with Crippen molar-refractivity contribution >= 4 is 0 Å². The molecule has 3 aliphatic heterocycles. The Morgan fingerprint density at radius 2 is 1.53 bits per heavy atom. The van der Waals surface area contributed by atoms with Crippen molar-refractivity contribution in [1.82, 2.24) is 4.90 Å². The molecule has 3 atom stereocenters. The number of fused-ring (bicyclic) bond motifs is 2. The van der Waals surface area contributed by atoms with Crippen LogP contribution in [0, 0.1) is 5.92 Å². The van der Waals surface area contributed by atoms with Crippen molar-refractivity contribution in [3.8, 4) is 34.5 Å². The molecule has 0 amide bonds. The van der Waals surface area contributed by atoms with Crippen LogP contribution in [0.3, 0.4) is 0 Å². The normalized spacial score (nSPS) is 24.1. The molecule has 3 heterocycles. The van der Waals surface area contributed by atoms with Crippen LogP contribution in [0.2, 0.25) is 0 Å². The van der Waals surface area contributed by atoms with E-state index in [1.165, 1.54) is 12.8 Å². The van der Waals surface area contributed by atoms with Gasteiger partial charge in [-0.25, -0.2) is 0 Å². The zero-order valence-corrected chi connectivity index (χ0v) is 19.2. The summed E-state index contributed by atoms with van der Waals surface area (Å²) in [6.45, 7) is 4.59. The Balaban J connectivity index is 1.68. The van der Waals surface area contributed by atoms with Crippen LogP contribution < -0.4 is 28.4 Å². The SMILES string of the molecule is CC[C@@H]1[C@H](c2cc(OC)c(OC)c(OC)c2)c2cc3c(cc2O[C@@H]1N1CCCC1)OCO3. The Morgan fingerprint density at radius 1 is 0.875 bits per heavy atom. The van der Waals surface area contributed by atoms with E-state index in [0.717, 1.165) is 47.9 Å². The minimum absolute atomic E-state index is 0.000497. The first-order valence-corrected chi connectivity index (χ1v) is 11.3. The molecule has 0 N–H and O–H groups in total. The van der Waals surface area contributed by atoms with Crippen LogP contribution in [-0.4, -0.2) is 52.3 Å². The molecule has 7 heteroatoms. The summed E-state index contributed by atoms with van der Waals surface area (Å²) in [7, 11) is 4.94. The first-order valence-electron chi connectivity index (χ1n) is 11.3. The molecule has 0 aromatic heterocycles. The molecule has 5 rings (SSSR count). The summed E-state index contributed by atoms with van der Waals surface area (Å²) in [5, 5.41) is 0. The van der Waals surface area contributed by atoms with Gasteiger partial charge in [0.25, 0.3) is 0 Å². The van der Waals surface area contributed by atoms with Gasteiger partial charge in [-0.15, -0.1) is 0 Å². The topological polar surface area (TPSA) is 58.6 Å². The van der Waals surface area contributed by atoms with Crippen molar-refractivity contribution < 1.29 is 28.4 Å². The Kier molecular flexibility index (Phi) is 5.67. The van der Waals surface area contributed by atoms with Gasteiger partial charge in [0.1, 0.15) is 5.75 Å². The lowest BCUT2D eigenvalue weighted by atomic mass is 9.75. The van der Waals surface area contributed by atoms with E-state index in [-0.39, 0.29) is 24.9 Å². The fraction of sp³-hybridized carbons (Fsp3) is 0.520. The first-order chi connectivity index (χ1) is 15.7. The highest BCUT2D eigenvalue weighted by molar-refractivity contribution is 5.60. The van der Waals surface area contributed by atoms with Gasteiger partial charge in [0.2, 0.25) is 12.5 Å². The Labute approximate surface area is 189 Å². The van der Waals surface area contributed by atoms with E-state index < -0.39 is 0 Å². The molecule has 32 heavy (non-hydrogen) atoms. The maximum Gasteiger partial charge on any atom is 0.231 e. The van der Waals surface area contributed by atoms with E-state index >= 15 is 0 Å². The molecular formula is C25H31NO6. The second-order valence-corrected chi connectivity index (χ2v) is 8.50. The van der Waals surface area contributed by atoms with Gasteiger partial charge in [0.15, 0.2) is 29.2 Å². The van der Waals surface area contributed by atoms with Crippen LogP contribution >= 0.6 is 0 Å². The van der Waals surface area contributed by atoms with Crippen LogP contribution in [0.25, 0.3) is 0 Å². The van der Waals surface area contributed by atoms with Crippen molar-refractivity contribution in [3.05, 3.63) is 35.4 Å². The molecule has 0 aliphatic carbocycles. The average molecular weight is 442 g/mol. The second-order valence-electron chi connectivity index (χ2n) is 8.50. The summed E-state index contributed by atoms with van der Waals surface area (Å²) in [5.74, 6) is 4.60. The highest BCUT2D eigenvalue weighted by atomic mass is 16.7. The van der Waals surface area contributed by atoms with Gasteiger partial charge in [-0.05, 0) is 43.0 Å². The van der Waals surface area contributed by atoms with Crippen LogP contribution in [0.5, 0.6) is 34.5 Å². The summed E-state index contributed by atoms with van der Waals surface area (Å²) < 4.78 is 34.9. The highest BCUT2D eigenvalue weighted by Crippen LogP contribution is 2.52. The van der Waals surface area contributed by atoms with Gasteiger partial charge in [-0.1, -0.05) is 6.92 Å². The van der Waals surface area contributed by atoms with Crippen molar-refractivity contribution in [1.29, 1.82) is 0 Å². The van der Waals surface area contributed by atoms with E-state index in [0.29, 0.717) is 17.2 Å². The lowest BCUT2D eigenvalue weighted by Gasteiger charge is -2.43. The molecule has 0 spiro atoms. The Morgan fingerprint density at radius 3 is 2.12 bits per heavy atom. The molecule has 0 radical (unpaired) electrons. The monoisotopic (exact) mass is 441 g/mol. The number of methoxy groups -OCH3 is 3. The third-order valence-electron chi connectivity index (χ3n) is 6.90. The molecule has 3 aliphatic rings. The number of hydrogen-bond acceptors (Lipinski definition) is 7. The quantitative estimate of drug-likeness (QED) is 0.658. The molecule has 1 saturated heterocycles. The molecule has 1 fully saturated rings. The van der Waals surface area contributed by atoms with Crippen molar-refractivity contribution in [2.45, 2.75) is 38.3 Å². The van der Waals surface area contributed by atoms with Crippen LogP contribution in [0.1, 0.15) is 43.2 Å². The van der Waals surface area contributed by atoms with E-state index in [1.54, 1.807) is 21.3 Å². The summed E-state index contributed by atoms with van der Waals surface area (Å²) in [6, 6.07) is 8.19. The van der Waals surface area contributed by atoms with Gasteiger partial charge in [-0.3, -0.25) is 4.90 Å². The lowest BCUT2D eigenvalue weighted by Crippen LogP contribution is -2.47. The molecule has 0 bridgehead atoms. The van der Waals surface area contributed by atoms with E-state index in [2.05, 4.69) is 30.0 Å². The Bertz CT molecular complexity index is 962. The molecule has 0 saturated carbocycles. The third-order valence-corrected chi connectivity index (χ3v) is 6.90. The summed E-state index contributed by atoms with van der Waals surface area (Å²) in [4.78, 5) is 2.48. The van der Waals surface area contributed by atoms with Gasteiger partial charge < -0.3 is 28.4 Å². The number of rotatable bonds is 6. The molecule has 7 nitrogen and oxygen atoms in total. The summed E-state index contributed by atoms with van der Waals surface area (Å²) in [6.07, 6.45) is 3.38. The van der Waals surface area contributed by atoms with E-state index in [1.807, 2.05) is 6.07 Å². The lowest BCUT2D eigenvalue weighted by molar-refractivity contribution is -0.0257. The average Bonchev–Trinajstić information content (AvgIpc) is 3.52. The minimum atomic E-state index is -0.000497.